The first-order valence-electron chi connectivity index (χ1n) is 8.00. The summed E-state index contributed by atoms with van der Waals surface area (Å²) in [5, 5.41) is 11.1. The third-order valence-electron chi connectivity index (χ3n) is 4.40. The molecule has 0 bridgehead atoms. The molecule has 3 rings (SSSR count). The van der Waals surface area contributed by atoms with E-state index >= 15 is 0 Å². The smallest absolute Gasteiger partial charge is 0.273 e. The largest absolute Gasteiger partial charge is 0.336 e. The van der Waals surface area contributed by atoms with Crippen molar-refractivity contribution in [3.63, 3.8) is 0 Å². The second-order valence-electron chi connectivity index (χ2n) is 5.96. The maximum absolute atomic E-state index is 12.8. The molecular weight excluding hydrogens is 458 g/mol. The fraction of sp³-hybridized carbons (Fsp3) is 0.312. The summed E-state index contributed by atoms with van der Waals surface area (Å²) < 4.78 is 27.7. The molecule has 1 aromatic carbocycles. The molecule has 2 heterocycles. The molecule has 8 nitrogen and oxygen atoms in total. The van der Waals surface area contributed by atoms with E-state index in [0.29, 0.717) is 5.56 Å². The molecule has 1 fully saturated rings. The molecular formula is C16H16BrN3O5S2. The van der Waals surface area contributed by atoms with E-state index in [-0.39, 0.29) is 47.5 Å². The van der Waals surface area contributed by atoms with Gasteiger partial charge < -0.3 is 4.90 Å². The van der Waals surface area contributed by atoms with Gasteiger partial charge in [0.05, 0.1) is 8.71 Å². The van der Waals surface area contributed by atoms with Crippen molar-refractivity contribution >= 4 is 48.9 Å². The monoisotopic (exact) mass is 473 g/mol. The van der Waals surface area contributed by atoms with E-state index in [4.69, 9.17) is 0 Å². The van der Waals surface area contributed by atoms with Gasteiger partial charge in [-0.15, -0.1) is 11.3 Å². The maximum atomic E-state index is 12.8. The lowest BCUT2D eigenvalue weighted by Gasteiger charge is -2.34. The van der Waals surface area contributed by atoms with Crippen LogP contribution in [0.4, 0.5) is 5.69 Å². The van der Waals surface area contributed by atoms with Crippen LogP contribution in [0.25, 0.3) is 0 Å². The number of halogens is 1. The highest BCUT2D eigenvalue weighted by molar-refractivity contribution is 9.11. The van der Waals surface area contributed by atoms with E-state index in [1.165, 1.54) is 21.3 Å². The first-order valence-corrected chi connectivity index (χ1v) is 11.1. The van der Waals surface area contributed by atoms with Crippen molar-refractivity contribution in [2.75, 3.05) is 26.2 Å². The normalized spacial score (nSPS) is 15.7. The van der Waals surface area contributed by atoms with E-state index < -0.39 is 14.9 Å². The van der Waals surface area contributed by atoms with Crippen molar-refractivity contribution in [1.29, 1.82) is 0 Å². The number of rotatable bonds is 4. The average Bonchev–Trinajstić information content (AvgIpc) is 3.08. The lowest BCUT2D eigenvalue weighted by Crippen LogP contribution is -2.50. The van der Waals surface area contributed by atoms with Gasteiger partial charge in [-0.05, 0) is 41.1 Å². The number of piperazine rings is 1. The van der Waals surface area contributed by atoms with Crippen molar-refractivity contribution in [2.24, 2.45) is 0 Å². The van der Waals surface area contributed by atoms with Crippen LogP contribution in [0.3, 0.4) is 0 Å². The molecule has 0 atom stereocenters. The van der Waals surface area contributed by atoms with Gasteiger partial charge in [0.25, 0.3) is 21.6 Å². The highest BCUT2D eigenvalue weighted by Gasteiger charge is 2.32. The van der Waals surface area contributed by atoms with Gasteiger partial charge in [-0.1, -0.05) is 6.07 Å². The van der Waals surface area contributed by atoms with Crippen LogP contribution in [-0.4, -0.2) is 54.6 Å². The first-order chi connectivity index (χ1) is 12.7. The van der Waals surface area contributed by atoms with E-state index in [1.54, 1.807) is 25.1 Å². The zero-order chi connectivity index (χ0) is 19.8. The Morgan fingerprint density at radius 1 is 1.19 bits per heavy atom. The fourth-order valence-corrected chi connectivity index (χ4v) is 6.50. The van der Waals surface area contributed by atoms with Gasteiger partial charge in [0.2, 0.25) is 0 Å². The molecule has 11 heteroatoms. The minimum Gasteiger partial charge on any atom is -0.336 e. The maximum Gasteiger partial charge on any atom is 0.273 e. The van der Waals surface area contributed by atoms with Crippen LogP contribution in [0.1, 0.15) is 15.9 Å². The predicted octanol–water partition coefficient (Wildman–Crippen LogP) is 2.87. The minimum atomic E-state index is -3.59. The molecule has 0 spiro atoms. The van der Waals surface area contributed by atoms with Crippen LogP contribution in [0.5, 0.6) is 0 Å². The Balaban J connectivity index is 1.74. The van der Waals surface area contributed by atoms with Crippen molar-refractivity contribution in [3.05, 3.63) is 55.4 Å². The Kier molecular flexibility index (Phi) is 5.65. The van der Waals surface area contributed by atoms with Crippen LogP contribution in [-0.2, 0) is 10.0 Å². The number of carbonyl (C=O) groups excluding carboxylic acids is 1. The molecule has 0 saturated carbocycles. The molecule has 27 heavy (non-hydrogen) atoms. The molecule has 2 aromatic rings. The number of nitrogens with zero attached hydrogens (tertiary/aromatic N) is 3. The van der Waals surface area contributed by atoms with Crippen LogP contribution in [0.2, 0.25) is 0 Å². The number of nitro groups is 1. The van der Waals surface area contributed by atoms with Gasteiger partial charge in [-0.3, -0.25) is 14.9 Å². The average molecular weight is 474 g/mol. The second kappa shape index (κ2) is 7.66. The molecule has 0 aliphatic carbocycles. The second-order valence-corrected chi connectivity index (χ2v) is 10.6. The Labute approximate surface area is 168 Å². The molecule has 0 unspecified atom stereocenters. The number of hydrogen-bond donors (Lipinski definition) is 0. The van der Waals surface area contributed by atoms with Gasteiger partial charge in [0.15, 0.2) is 0 Å². The molecule has 1 amide bonds. The summed E-state index contributed by atoms with van der Waals surface area (Å²) in [5.41, 5.74) is 0.471. The number of amides is 1. The topological polar surface area (TPSA) is 101 Å². The van der Waals surface area contributed by atoms with Crippen molar-refractivity contribution in [3.8, 4) is 0 Å². The Morgan fingerprint density at radius 3 is 2.41 bits per heavy atom. The zero-order valence-electron chi connectivity index (χ0n) is 14.3. The van der Waals surface area contributed by atoms with Crippen LogP contribution in [0.15, 0.2) is 38.3 Å². The highest BCUT2D eigenvalue weighted by Crippen LogP contribution is 2.29. The molecule has 0 radical (unpaired) electrons. The SMILES string of the molecule is Cc1c(C(=O)N2CCN(S(=O)(=O)c3ccc(Br)s3)CC2)cccc1[N+](=O)[O-]. The minimum absolute atomic E-state index is 0.106. The number of nitro benzene ring substituents is 1. The molecule has 1 aromatic heterocycles. The highest BCUT2D eigenvalue weighted by atomic mass is 79.9. The Bertz CT molecular complexity index is 997. The molecule has 1 saturated heterocycles. The summed E-state index contributed by atoms with van der Waals surface area (Å²) in [5.74, 6) is -0.327. The zero-order valence-corrected chi connectivity index (χ0v) is 17.5. The van der Waals surface area contributed by atoms with E-state index in [0.717, 1.165) is 15.1 Å². The fourth-order valence-electron chi connectivity index (χ4n) is 2.92. The van der Waals surface area contributed by atoms with Crippen LogP contribution >= 0.6 is 27.3 Å². The predicted molar refractivity (Wildman–Crippen MR) is 105 cm³/mol. The standard InChI is InChI=1S/C16H16BrN3O5S2/c1-11-12(3-2-4-13(11)20(22)23)16(21)18-7-9-19(10-8-18)27(24,25)15-6-5-14(17)26-15/h2-6H,7-10H2,1H3. The molecule has 144 valence electrons. The first kappa shape index (κ1) is 19.9. The van der Waals surface area contributed by atoms with Gasteiger partial charge in [0.1, 0.15) is 4.21 Å². The van der Waals surface area contributed by atoms with E-state index in [1.807, 2.05) is 0 Å². The summed E-state index contributed by atoms with van der Waals surface area (Å²) in [6, 6.07) is 7.62. The van der Waals surface area contributed by atoms with Gasteiger partial charge in [0, 0.05) is 43.4 Å². The number of benzene rings is 1. The summed E-state index contributed by atoms with van der Waals surface area (Å²) in [6.45, 7) is 2.36. The van der Waals surface area contributed by atoms with Gasteiger partial charge >= 0.3 is 0 Å². The van der Waals surface area contributed by atoms with Crippen molar-refractivity contribution < 1.29 is 18.1 Å². The third-order valence-corrected chi connectivity index (χ3v) is 8.39. The molecule has 0 N–H and O–H groups in total. The van der Waals surface area contributed by atoms with E-state index in [2.05, 4.69) is 15.9 Å². The number of thiophene rings is 1. The quantitative estimate of drug-likeness (QED) is 0.501. The summed E-state index contributed by atoms with van der Waals surface area (Å²) in [7, 11) is -3.59. The van der Waals surface area contributed by atoms with E-state index in [9.17, 15) is 23.3 Å². The number of carbonyl (C=O) groups is 1. The summed E-state index contributed by atoms with van der Waals surface area (Å²) in [6.07, 6.45) is 0. The van der Waals surface area contributed by atoms with Gasteiger partial charge in [-0.25, -0.2) is 8.42 Å². The number of hydrogen-bond acceptors (Lipinski definition) is 6. The molecule has 1 aliphatic rings. The summed E-state index contributed by atoms with van der Waals surface area (Å²) in [4.78, 5) is 24.8. The lowest BCUT2D eigenvalue weighted by atomic mass is 10.1. The Morgan fingerprint density at radius 2 is 1.85 bits per heavy atom. The number of sulfonamides is 1. The van der Waals surface area contributed by atoms with Gasteiger partial charge in [-0.2, -0.15) is 4.31 Å². The summed E-state index contributed by atoms with van der Waals surface area (Å²) >= 11 is 4.40. The van der Waals surface area contributed by atoms with Crippen molar-refractivity contribution in [1.82, 2.24) is 9.21 Å². The van der Waals surface area contributed by atoms with Crippen LogP contribution < -0.4 is 0 Å². The third kappa shape index (κ3) is 3.91. The Hall–Kier alpha value is -1.82. The molecule has 1 aliphatic heterocycles. The lowest BCUT2D eigenvalue weighted by molar-refractivity contribution is -0.385. The van der Waals surface area contributed by atoms with Crippen molar-refractivity contribution in [2.45, 2.75) is 11.1 Å². The van der Waals surface area contributed by atoms with Crippen LogP contribution in [0, 0.1) is 17.0 Å².